The molecule has 2 saturated heterocycles. The van der Waals surface area contributed by atoms with Crippen LogP contribution in [0.1, 0.15) is 36.8 Å². The van der Waals surface area contributed by atoms with Gasteiger partial charge in [-0.3, -0.25) is 9.59 Å². The Hall–Kier alpha value is -1.47. The molecule has 0 radical (unpaired) electrons. The van der Waals surface area contributed by atoms with Crippen molar-refractivity contribution in [1.29, 1.82) is 0 Å². The first-order valence-electron chi connectivity index (χ1n) is 8.20. The van der Waals surface area contributed by atoms with Crippen molar-refractivity contribution in [2.45, 2.75) is 51.2 Å². The number of fused-ring (bicyclic) bond motifs is 3. The largest absolute Gasteiger partial charge is 0.481 e. The molecule has 6 nitrogen and oxygen atoms in total. The maximum absolute atomic E-state index is 12.6. The second kappa shape index (κ2) is 5.56. The molecule has 4 rings (SSSR count). The van der Waals surface area contributed by atoms with Gasteiger partial charge < -0.3 is 15.2 Å². The van der Waals surface area contributed by atoms with Crippen LogP contribution >= 0.6 is 11.3 Å². The van der Waals surface area contributed by atoms with Gasteiger partial charge in [-0.15, -0.1) is 11.3 Å². The van der Waals surface area contributed by atoms with E-state index in [1.54, 1.807) is 0 Å². The van der Waals surface area contributed by atoms with E-state index in [0.717, 1.165) is 37.8 Å². The number of thiazole rings is 1. The maximum atomic E-state index is 12.6. The third-order valence-electron chi connectivity index (χ3n) is 5.28. The Morgan fingerprint density at radius 3 is 2.74 bits per heavy atom. The highest BCUT2D eigenvalue weighted by atomic mass is 32.1. The number of carbonyl (C=O) groups excluding carboxylic acids is 1. The van der Waals surface area contributed by atoms with E-state index in [0.29, 0.717) is 11.0 Å². The van der Waals surface area contributed by atoms with Gasteiger partial charge in [0.2, 0.25) is 5.91 Å². The molecule has 1 aromatic heterocycles. The van der Waals surface area contributed by atoms with Crippen LogP contribution in [0.15, 0.2) is 0 Å². The first kappa shape index (κ1) is 15.1. The Morgan fingerprint density at radius 1 is 1.26 bits per heavy atom. The molecule has 1 aromatic rings. The average molecular weight is 336 g/mol. The Bertz CT molecular complexity index is 659. The molecular formula is C16H20N2O4S. The highest BCUT2D eigenvalue weighted by molar-refractivity contribution is 7.15. The number of carboxylic acid groups (broad SMARTS) is 1. The molecule has 2 bridgehead atoms. The molecule has 1 amide bonds. The average Bonchev–Trinajstić information content (AvgIpc) is 3.18. The Morgan fingerprint density at radius 2 is 2.00 bits per heavy atom. The minimum atomic E-state index is -0.940. The smallest absolute Gasteiger partial charge is 0.310 e. The lowest BCUT2D eigenvalue weighted by atomic mass is 9.79. The van der Waals surface area contributed by atoms with Gasteiger partial charge in [0.25, 0.3) is 0 Å². The first-order chi connectivity index (χ1) is 11.0. The van der Waals surface area contributed by atoms with Gasteiger partial charge in [-0.05, 0) is 38.0 Å². The molecular weight excluding hydrogens is 316 g/mol. The SMILES string of the molecule is C[C@@H]1CCc2nc(NC(=O)[C@@H]3[C@@H](C(=O)O)[C@@H]4CC[C@@H]3O4)sc2C1. The van der Waals surface area contributed by atoms with Crippen LogP contribution < -0.4 is 5.32 Å². The quantitative estimate of drug-likeness (QED) is 0.882. The summed E-state index contributed by atoms with van der Waals surface area (Å²) in [6.07, 6.45) is 4.00. The molecule has 5 atom stereocenters. The van der Waals surface area contributed by atoms with Crippen molar-refractivity contribution in [2.24, 2.45) is 17.8 Å². The zero-order valence-electron chi connectivity index (χ0n) is 12.9. The standard InChI is InChI=1S/C16H20N2O4S/c1-7-2-3-8-11(6-7)23-16(17-8)18-14(19)12-9-4-5-10(22-9)13(12)15(20)21/h7,9-10,12-13H,2-6H2,1H3,(H,20,21)(H,17,18,19)/t7-,9+,10+,12+,13+/m1/s1. The maximum Gasteiger partial charge on any atom is 0.310 e. The molecule has 7 heteroatoms. The number of carboxylic acids is 1. The van der Waals surface area contributed by atoms with Crippen LogP contribution in [0.5, 0.6) is 0 Å². The van der Waals surface area contributed by atoms with Crippen LogP contribution in [-0.2, 0) is 27.2 Å². The third kappa shape index (κ3) is 2.55. The number of ether oxygens (including phenoxy) is 1. The van der Waals surface area contributed by atoms with Gasteiger partial charge in [-0.1, -0.05) is 6.92 Å². The van der Waals surface area contributed by atoms with Crippen LogP contribution in [0.3, 0.4) is 0 Å². The first-order valence-corrected chi connectivity index (χ1v) is 9.02. The van der Waals surface area contributed by atoms with Crippen molar-refractivity contribution in [2.75, 3.05) is 5.32 Å². The van der Waals surface area contributed by atoms with Gasteiger partial charge >= 0.3 is 5.97 Å². The van der Waals surface area contributed by atoms with Crippen LogP contribution in [0.2, 0.25) is 0 Å². The zero-order chi connectivity index (χ0) is 16.1. The van der Waals surface area contributed by atoms with Crippen molar-refractivity contribution >= 4 is 28.3 Å². The van der Waals surface area contributed by atoms with Gasteiger partial charge in [0.05, 0.1) is 29.7 Å². The second-order valence-electron chi connectivity index (χ2n) is 6.91. The normalized spacial score (nSPS) is 35.1. The number of rotatable bonds is 3. The van der Waals surface area contributed by atoms with Crippen molar-refractivity contribution in [3.63, 3.8) is 0 Å². The fraction of sp³-hybridized carbons (Fsp3) is 0.688. The van der Waals surface area contributed by atoms with Gasteiger partial charge in [0.1, 0.15) is 0 Å². The molecule has 0 saturated carbocycles. The van der Waals surface area contributed by atoms with E-state index >= 15 is 0 Å². The molecule has 2 aliphatic heterocycles. The van der Waals surface area contributed by atoms with Crippen molar-refractivity contribution in [3.8, 4) is 0 Å². The number of hydrogen-bond acceptors (Lipinski definition) is 5. The molecule has 3 heterocycles. The van der Waals surface area contributed by atoms with E-state index < -0.39 is 17.8 Å². The summed E-state index contributed by atoms with van der Waals surface area (Å²) < 4.78 is 5.65. The van der Waals surface area contributed by atoms with E-state index in [9.17, 15) is 14.7 Å². The summed E-state index contributed by atoms with van der Waals surface area (Å²) >= 11 is 1.52. The highest BCUT2D eigenvalue weighted by Gasteiger charge is 2.55. The van der Waals surface area contributed by atoms with E-state index in [4.69, 9.17) is 4.74 Å². The number of carbonyl (C=O) groups is 2. The molecule has 2 N–H and O–H groups in total. The summed E-state index contributed by atoms with van der Waals surface area (Å²) in [6, 6.07) is 0. The molecule has 0 aromatic carbocycles. The predicted octanol–water partition coefficient (Wildman–Crippen LogP) is 2.08. The van der Waals surface area contributed by atoms with Crippen molar-refractivity contribution < 1.29 is 19.4 Å². The predicted molar refractivity (Wildman–Crippen MR) is 84.4 cm³/mol. The fourth-order valence-corrected chi connectivity index (χ4v) is 5.28. The molecule has 0 spiro atoms. The number of nitrogens with one attached hydrogen (secondary N) is 1. The van der Waals surface area contributed by atoms with E-state index in [1.807, 2.05) is 0 Å². The van der Waals surface area contributed by atoms with Gasteiger partial charge in [0.15, 0.2) is 5.13 Å². The van der Waals surface area contributed by atoms with Crippen molar-refractivity contribution in [1.82, 2.24) is 4.98 Å². The Balaban J connectivity index is 1.51. The van der Waals surface area contributed by atoms with Crippen LogP contribution in [0.4, 0.5) is 5.13 Å². The minimum absolute atomic E-state index is 0.260. The summed E-state index contributed by atoms with van der Waals surface area (Å²) in [7, 11) is 0. The lowest BCUT2D eigenvalue weighted by Crippen LogP contribution is -2.40. The summed E-state index contributed by atoms with van der Waals surface area (Å²) in [5.74, 6) is -1.88. The molecule has 23 heavy (non-hydrogen) atoms. The van der Waals surface area contributed by atoms with Crippen LogP contribution in [-0.4, -0.2) is 34.2 Å². The minimum Gasteiger partial charge on any atom is -0.481 e. The Kier molecular flexibility index (Phi) is 3.65. The number of aromatic nitrogens is 1. The van der Waals surface area contributed by atoms with E-state index in [2.05, 4.69) is 17.2 Å². The molecule has 3 aliphatic rings. The van der Waals surface area contributed by atoms with Crippen molar-refractivity contribution in [3.05, 3.63) is 10.6 Å². The monoisotopic (exact) mass is 336 g/mol. The number of anilines is 1. The number of aryl methyl sites for hydroxylation is 1. The summed E-state index contributed by atoms with van der Waals surface area (Å²) in [6.45, 7) is 2.23. The summed E-state index contributed by atoms with van der Waals surface area (Å²) in [5, 5.41) is 12.9. The van der Waals surface area contributed by atoms with Gasteiger partial charge in [-0.2, -0.15) is 0 Å². The topological polar surface area (TPSA) is 88.5 Å². The number of hydrogen-bond donors (Lipinski definition) is 2. The lowest BCUT2D eigenvalue weighted by molar-refractivity contribution is -0.147. The molecule has 0 unspecified atom stereocenters. The molecule has 124 valence electrons. The fourth-order valence-electron chi connectivity index (χ4n) is 4.11. The van der Waals surface area contributed by atoms with E-state index in [1.165, 1.54) is 16.2 Å². The zero-order valence-corrected chi connectivity index (χ0v) is 13.8. The number of aliphatic carboxylic acids is 1. The number of amides is 1. The Labute approximate surface area is 138 Å². The van der Waals surface area contributed by atoms with E-state index in [-0.39, 0.29) is 18.1 Å². The van der Waals surface area contributed by atoms with Gasteiger partial charge in [0, 0.05) is 4.88 Å². The molecule has 2 fully saturated rings. The highest BCUT2D eigenvalue weighted by Crippen LogP contribution is 2.44. The van der Waals surface area contributed by atoms with Crippen LogP contribution in [0, 0.1) is 17.8 Å². The summed E-state index contributed by atoms with van der Waals surface area (Å²) in [4.78, 5) is 29.9. The number of nitrogens with zero attached hydrogens (tertiary/aromatic N) is 1. The lowest BCUT2D eigenvalue weighted by Gasteiger charge is -2.23. The summed E-state index contributed by atoms with van der Waals surface area (Å²) in [5.41, 5.74) is 1.09. The van der Waals surface area contributed by atoms with Crippen LogP contribution in [0.25, 0.3) is 0 Å². The molecule has 1 aliphatic carbocycles. The van der Waals surface area contributed by atoms with Gasteiger partial charge in [-0.25, -0.2) is 4.98 Å². The second-order valence-corrected chi connectivity index (χ2v) is 7.99. The third-order valence-corrected chi connectivity index (χ3v) is 6.31.